The van der Waals surface area contributed by atoms with Crippen LogP contribution in [0.1, 0.15) is 32.8 Å². The minimum atomic E-state index is -5.27. The van der Waals surface area contributed by atoms with Crippen molar-refractivity contribution in [1.29, 1.82) is 0 Å². The highest BCUT2D eigenvalue weighted by atomic mass is 32.2. The van der Waals surface area contributed by atoms with Gasteiger partial charge in [0.2, 0.25) is 0 Å². The molecular weight excluding hydrogens is 265 g/mol. The van der Waals surface area contributed by atoms with Crippen LogP contribution in [0.2, 0.25) is 0 Å². The normalized spacial score (nSPS) is 13.7. The number of benzene rings is 1. The highest BCUT2D eigenvalue weighted by Gasteiger charge is 2.47. The Morgan fingerprint density at radius 2 is 1.72 bits per heavy atom. The third kappa shape index (κ3) is 2.68. The van der Waals surface area contributed by atoms with Crippen LogP contribution in [-0.4, -0.2) is 13.9 Å². The zero-order valence-corrected chi connectivity index (χ0v) is 11.2. The van der Waals surface area contributed by atoms with Gasteiger partial charge in [-0.2, -0.15) is 13.2 Å². The van der Waals surface area contributed by atoms with Crippen LogP contribution < -0.4 is 0 Å². The van der Waals surface area contributed by atoms with Crippen LogP contribution in [0, 0.1) is 0 Å². The van der Waals surface area contributed by atoms with Gasteiger partial charge in [-0.25, -0.2) is 8.42 Å². The topological polar surface area (TPSA) is 34.1 Å². The molecular formula is C12H15F3O2S. The second-order valence-electron chi connectivity index (χ2n) is 4.71. The lowest BCUT2D eigenvalue weighted by atomic mass is 9.82. The minimum absolute atomic E-state index is 0.364. The number of rotatable bonds is 3. The van der Waals surface area contributed by atoms with Crippen LogP contribution in [0.15, 0.2) is 29.2 Å². The average molecular weight is 280 g/mol. The molecule has 0 saturated heterocycles. The maximum Gasteiger partial charge on any atom is 0.501 e. The predicted octanol–water partition coefficient (Wildman–Crippen LogP) is 3.67. The Morgan fingerprint density at radius 1 is 1.17 bits per heavy atom. The largest absolute Gasteiger partial charge is 0.501 e. The molecule has 0 unspecified atom stereocenters. The molecule has 0 aliphatic rings. The first-order chi connectivity index (χ1) is 8.02. The molecule has 0 saturated carbocycles. The smallest absolute Gasteiger partial charge is 0.214 e. The van der Waals surface area contributed by atoms with Gasteiger partial charge >= 0.3 is 5.51 Å². The van der Waals surface area contributed by atoms with Gasteiger partial charge in [0.1, 0.15) is 0 Å². The quantitative estimate of drug-likeness (QED) is 0.846. The van der Waals surface area contributed by atoms with Gasteiger partial charge in [0, 0.05) is 0 Å². The second-order valence-corrected chi connectivity index (χ2v) is 6.66. The van der Waals surface area contributed by atoms with Crippen molar-refractivity contribution in [3.63, 3.8) is 0 Å². The van der Waals surface area contributed by atoms with Gasteiger partial charge in [-0.15, -0.1) is 0 Å². The van der Waals surface area contributed by atoms with Crippen LogP contribution in [0.25, 0.3) is 0 Å². The maximum atomic E-state index is 12.4. The number of alkyl halides is 3. The van der Waals surface area contributed by atoms with E-state index in [1.165, 1.54) is 6.07 Å². The van der Waals surface area contributed by atoms with Crippen molar-refractivity contribution < 1.29 is 21.6 Å². The average Bonchev–Trinajstić information content (AvgIpc) is 2.27. The highest BCUT2D eigenvalue weighted by Crippen LogP contribution is 2.33. The third-order valence-electron chi connectivity index (χ3n) is 3.11. The standard InChI is InChI=1S/C12H15F3O2S/c1-4-11(2,3)9-6-5-7-10(8-9)18(16,17)12(13,14)15/h5-8H,4H2,1-3H3. The SMILES string of the molecule is CCC(C)(C)c1cccc(S(=O)(=O)C(F)(F)F)c1. The molecule has 1 rings (SSSR count). The zero-order chi connectivity index (χ0) is 14.2. The van der Waals surface area contributed by atoms with Gasteiger partial charge in [-0.05, 0) is 29.5 Å². The van der Waals surface area contributed by atoms with E-state index in [9.17, 15) is 21.6 Å². The van der Waals surface area contributed by atoms with Crippen molar-refractivity contribution in [1.82, 2.24) is 0 Å². The van der Waals surface area contributed by atoms with E-state index in [0.29, 0.717) is 12.0 Å². The van der Waals surface area contributed by atoms with Crippen molar-refractivity contribution in [3.8, 4) is 0 Å². The number of sulfone groups is 1. The third-order valence-corrected chi connectivity index (χ3v) is 4.60. The highest BCUT2D eigenvalue weighted by molar-refractivity contribution is 7.92. The first kappa shape index (κ1) is 15.0. The zero-order valence-electron chi connectivity index (χ0n) is 10.4. The molecule has 0 bridgehead atoms. The lowest BCUT2D eigenvalue weighted by Crippen LogP contribution is -2.24. The van der Waals surface area contributed by atoms with Crippen LogP contribution in [0.3, 0.4) is 0 Å². The molecule has 0 radical (unpaired) electrons. The molecule has 0 aliphatic carbocycles. The fraction of sp³-hybridized carbons (Fsp3) is 0.500. The van der Waals surface area contributed by atoms with E-state index in [2.05, 4.69) is 0 Å². The molecule has 0 atom stereocenters. The fourth-order valence-corrected chi connectivity index (χ4v) is 2.23. The molecule has 0 fully saturated rings. The van der Waals surface area contributed by atoms with Gasteiger partial charge < -0.3 is 0 Å². The summed E-state index contributed by atoms with van der Waals surface area (Å²) in [6, 6.07) is 5.05. The molecule has 2 nitrogen and oxygen atoms in total. The predicted molar refractivity (Wildman–Crippen MR) is 63.0 cm³/mol. The Balaban J connectivity index is 3.36. The molecule has 0 spiro atoms. The molecule has 0 heterocycles. The van der Waals surface area contributed by atoms with Gasteiger partial charge in [-0.3, -0.25) is 0 Å². The summed E-state index contributed by atoms with van der Waals surface area (Å²) in [6.45, 7) is 5.60. The molecule has 6 heteroatoms. The summed E-state index contributed by atoms with van der Waals surface area (Å²) in [4.78, 5) is -0.700. The van der Waals surface area contributed by atoms with E-state index in [0.717, 1.165) is 12.1 Å². The molecule has 1 aromatic rings. The van der Waals surface area contributed by atoms with Crippen molar-refractivity contribution in [2.75, 3.05) is 0 Å². The van der Waals surface area contributed by atoms with Crippen LogP contribution >= 0.6 is 0 Å². The summed E-state index contributed by atoms with van der Waals surface area (Å²) < 4.78 is 59.9. The van der Waals surface area contributed by atoms with Gasteiger partial charge in [0.25, 0.3) is 9.84 Å². The molecule has 18 heavy (non-hydrogen) atoms. The Labute approximate surface area is 105 Å². The maximum absolute atomic E-state index is 12.4. The first-order valence-corrected chi connectivity index (χ1v) is 6.92. The van der Waals surface area contributed by atoms with Crippen molar-refractivity contribution in [3.05, 3.63) is 29.8 Å². The molecule has 0 amide bonds. The van der Waals surface area contributed by atoms with E-state index in [-0.39, 0.29) is 5.41 Å². The van der Waals surface area contributed by atoms with E-state index in [1.54, 1.807) is 6.07 Å². The van der Waals surface area contributed by atoms with Crippen LogP contribution in [0.5, 0.6) is 0 Å². The van der Waals surface area contributed by atoms with E-state index in [4.69, 9.17) is 0 Å². The number of halogens is 3. The summed E-state index contributed by atoms with van der Waals surface area (Å²) in [6.07, 6.45) is 0.697. The first-order valence-electron chi connectivity index (χ1n) is 5.44. The summed E-state index contributed by atoms with van der Waals surface area (Å²) in [5.74, 6) is 0. The fourth-order valence-electron chi connectivity index (χ4n) is 1.42. The lowest BCUT2D eigenvalue weighted by molar-refractivity contribution is -0.0436. The van der Waals surface area contributed by atoms with Gasteiger partial charge in [0.15, 0.2) is 0 Å². The Kier molecular flexibility index (Phi) is 3.81. The lowest BCUT2D eigenvalue weighted by Gasteiger charge is -2.23. The monoisotopic (exact) mass is 280 g/mol. The molecule has 0 N–H and O–H groups in total. The molecule has 0 aliphatic heterocycles. The Bertz CT molecular complexity index is 530. The van der Waals surface area contributed by atoms with E-state index >= 15 is 0 Å². The molecule has 0 aromatic heterocycles. The Hall–Kier alpha value is -1.04. The van der Waals surface area contributed by atoms with Crippen LogP contribution in [-0.2, 0) is 15.3 Å². The summed E-state index contributed by atoms with van der Waals surface area (Å²) in [7, 11) is -5.27. The van der Waals surface area contributed by atoms with Gasteiger partial charge in [-0.1, -0.05) is 32.9 Å². The minimum Gasteiger partial charge on any atom is -0.214 e. The molecule has 102 valence electrons. The Morgan fingerprint density at radius 3 is 2.17 bits per heavy atom. The van der Waals surface area contributed by atoms with Gasteiger partial charge in [0.05, 0.1) is 4.90 Å². The van der Waals surface area contributed by atoms with Crippen molar-refractivity contribution in [2.24, 2.45) is 0 Å². The van der Waals surface area contributed by atoms with Crippen molar-refractivity contribution in [2.45, 2.75) is 43.0 Å². The number of hydrogen-bond acceptors (Lipinski definition) is 2. The molecule has 1 aromatic carbocycles. The summed E-state index contributed by atoms with van der Waals surface area (Å²) >= 11 is 0. The summed E-state index contributed by atoms with van der Waals surface area (Å²) in [5.41, 5.74) is -5.05. The second kappa shape index (κ2) is 4.57. The number of hydrogen-bond donors (Lipinski definition) is 0. The van der Waals surface area contributed by atoms with Crippen LogP contribution in [0.4, 0.5) is 13.2 Å². The van der Waals surface area contributed by atoms with Crippen molar-refractivity contribution >= 4 is 9.84 Å². The summed E-state index contributed by atoms with van der Waals surface area (Å²) in [5, 5.41) is 0. The van der Waals surface area contributed by atoms with E-state index < -0.39 is 20.2 Å². The van der Waals surface area contributed by atoms with E-state index in [1.807, 2.05) is 20.8 Å².